The zero-order chi connectivity index (χ0) is 34.4. The van der Waals surface area contributed by atoms with Crippen molar-refractivity contribution in [1.29, 1.82) is 0 Å². The summed E-state index contributed by atoms with van der Waals surface area (Å²) in [4.78, 5) is 48.2. The molecule has 0 spiro atoms. The Balaban J connectivity index is 1.38. The van der Waals surface area contributed by atoms with E-state index >= 15 is 0 Å². The van der Waals surface area contributed by atoms with Crippen molar-refractivity contribution in [2.24, 2.45) is 28.6 Å². The highest BCUT2D eigenvalue weighted by Crippen LogP contribution is 2.70. The van der Waals surface area contributed by atoms with E-state index in [2.05, 4.69) is 12.2 Å². The van der Waals surface area contributed by atoms with Gasteiger partial charge in [0.05, 0.1) is 39.5 Å². The third-order valence-corrected chi connectivity index (χ3v) is 12.5. The molecule has 3 saturated carbocycles. The second-order valence-electron chi connectivity index (χ2n) is 15.7. The lowest BCUT2D eigenvalue weighted by atomic mass is 9.46. The average molecular weight is 680 g/mol. The molecule has 4 aliphatic carbocycles. The van der Waals surface area contributed by atoms with Crippen LogP contribution in [-0.2, 0) is 37.5 Å². The van der Waals surface area contributed by atoms with E-state index in [0.717, 1.165) is 31.0 Å². The van der Waals surface area contributed by atoms with Crippen molar-refractivity contribution in [2.75, 3.05) is 40.8 Å². The highest BCUT2D eigenvalue weighted by Gasteiger charge is 2.75. The fourth-order valence-corrected chi connectivity index (χ4v) is 10.6. The number of ketones is 2. The molecule has 1 aliphatic heterocycles. The van der Waals surface area contributed by atoms with E-state index in [-0.39, 0.29) is 37.4 Å². The lowest BCUT2D eigenvalue weighted by molar-refractivity contribution is -0.873. The first-order valence-corrected chi connectivity index (χ1v) is 18.6. The van der Waals surface area contributed by atoms with Crippen molar-refractivity contribution >= 4 is 33.0 Å². The van der Waals surface area contributed by atoms with Gasteiger partial charge < -0.3 is 34.0 Å². The summed E-state index contributed by atoms with van der Waals surface area (Å²) in [5, 5.41) is 14.9. The van der Waals surface area contributed by atoms with Gasteiger partial charge in [-0.2, -0.15) is 0 Å². The summed E-state index contributed by atoms with van der Waals surface area (Å²) < 4.78 is 37.9. The van der Waals surface area contributed by atoms with Crippen molar-refractivity contribution < 1.29 is 52.0 Å². The summed E-state index contributed by atoms with van der Waals surface area (Å²) in [7, 11) is 1.26. The number of rotatable bonds is 15. The molecule has 0 aromatic heterocycles. The molecular weight excluding hydrogens is 626 g/mol. The van der Waals surface area contributed by atoms with Gasteiger partial charge in [-0.05, 0) is 69.1 Å². The van der Waals surface area contributed by atoms with E-state index in [0.29, 0.717) is 36.8 Å². The van der Waals surface area contributed by atoms with Crippen molar-refractivity contribution in [2.45, 2.75) is 95.9 Å². The van der Waals surface area contributed by atoms with Crippen molar-refractivity contribution in [3.63, 3.8) is 0 Å². The smallest absolute Gasteiger partial charge is 0.393 e. The molecule has 0 radical (unpaired) electrons. The van der Waals surface area contributed by atoms with E-state index in [1.54, 1.807) is 12.2 Å². The summed E-state index contributed by atoms with van der Waals surface area (Å²) in [6.45, 7) is 6.18. The van der Waals surface area contributed by atoms with Gasteiger partial charge in [0, 0.05) is 16.7 Å². The highest BCUT2D eigenvalue weighted by molar-refractivity contribution is 7.47. The number of quaternary nitrogens is 1. The second kappa shape index (κ2) is 13.6. The minimum atomic E-state index is -4.69. The van der Waals surface area contributed by atoms with Crippen LogP contribution in [0.1, 0.15) is 65.7 Å². The van der Waals surface area contributed by atoms with Gasteiger partial charge in [-0.3, -0.25) is 18.6 Å². The normalized spacial score (nSPS) is 39.6. The van der Waals surface area contributed by atoms with Gasteiger partial charge in [-0.15, -0.1) is 0 Å². The topological polar surface area (TPSA) is 158 Å². The number of ether oxygens (including phenoxy) is 2. The number of Topliss-reactive ketones (excluding diaryl/α,β-unsaturated/α-hetero) is 1. The van der Waals surface area contributed by atoms with Crippen LogP contribution in [0.4, 0.5) is 0 Å². The minimum Gasteiger partial charge on any atom is -0.393 e. The number of carbonyl (C=O) groups is 3. The number of allylic oxidation sites excluding steroid dienone is 4. The third kappa shape index (κ3) is 6.94. The minimum absolute atomic E-state index is 0.0261. The molecule has 3 unspecified atom stereocenters. The van der Waals surface area contributed by atoms with Crippen LogP contribution in [0.5, 0.6) is 0 Å². The summed E-state index contributed by atoms with van der Waals surface area (Å²) in [5.41, 5.74) is -1.72. The molecule has 0 amide bonds. The Bertz CT molecular complexity index is 1340. The van der Waals surface area contributed by atoms with Crippen molar-refractivity contribution in [1.82, 2.24) is 5.23 Å². The second-order valence-corrected chi connectivity index (χ2v) is 17.1. The van der Waals surface area contributed by atoms with Crippen LogP contribution in [0.3, 0.4) is 0 Å². The van der Waals surface area contributed by atoms with Gasteiger partial charge in [-0.25, -0.2) is 4.57 Å². The monoisotopic (exact) mass is 679 g/mol. The largest absolute Gasteiger partial charge is 0.473 e. The number of carbonyl (C=O) groups excluding carboxylic acids is 3. The van der Waals surface area contributed by atoms with Gasteiger partial charge >= 0.3 is 7.82 Å². The molecule has 3 N–H and O–H groups in total. The fourth-order valence-electron chi connectivity index (χ4n) is 9.68. The summed E-state index contributed by atoms with van der Waals surface area (Å²) in [5.74, 6) is -0.631. The summed E-state index contributed by atoms with van der Waals surface area (Å²) in [6.07, 6.45) is 7.38. The number of phosphoric acid groups is 1. The van der Waals surface area contributed by atoms with Crippen LogP contribution in [-0.4, -0.2) is 111 Å². The molecule has 1 heterocycles. The predicted octanol–water partition coefficient (Wildman–Crippen LogP) is 2.45. The van der Waals surface area contributed by atoms with E-state index in [9.17, 15) is 28.9 Å². The quantitative estimate of drug-likeness (QED) is 0.0768. The van der Waals surface area contributed by atoms with Crippen LogP contribution in [0.15, 0.2) is 23.8 Å². The Labute approximate surface area is 279 Å². The zero-order valence-electron chi connectivity index (χ0n) is 28.7. The number of hydrogen-bond acceptors (Lipinski definition) is 10. The Morgan fingerprint density at radius 2 is 2.06 bits per heavy atom. The third-order valence-electron chi connectivity index (χ3n) is 11.5. The van der Waals surface area contributed by atoms with Gasteiger partial charge in [0.25, 0.3) is 7.41 Å². The van der Waals surface area contributed by atoms with Crippen LogP contribution in [0.2, 0.25) is 0 Å². The van der Waals surface area contributed by atoms with Gasteiger partial charge in [0.1, 0.15) is 19.3 Å². The lowest BCUT2D eigenvalue weighted by Gasteiger charge is -2.59. The molecule has 14 heteroatoms. The van der Waals surface area contributed by atoms with Crippen LogP contribution in [0.25, 0.3) is 0 Å². The van der Waals surface area contributed by atoms with Crippen LogP contribution in [0, 0.1) is 28.6 Å². The molecule has 262 valence electrons. The van der Waals surface area contributed by atoms with Gasteiger partial charge in [0.15, 0.2) is 23.5 Å². The number of aliphatic hydroxyl groups is 1. The first-order chi connectivity index (χ1) is 22.0. The predicted molar refractivity (Wildman–Crippen MR) is 176 cm³/mol. The first-order valence-electron chi connectivity index (χ1n) is 17.1. The first kappa shape index (κ1) is 36.7. The summed E-state index contributed by atoms with van der Waals surface area (Å²) in [6, 6.07) is 0. The number of likely N-dealkylation sites (N-methyl/N-ethyl adjacent to an activating group) is 1. The van der Waals surface area contributed by atoms with Crippen molar-refractivity contribution in [3.8, 4) is 0 Å². The Morgan fingerprint density at radius 1 is 1.32 bits per heavy atom. The molecule has 47 heavy (non-hydrogen) atoms. The van der Waals surface area contributed by atoms with E-state index in [1.807, 2.05) is 41.1 Å². The maximum absolute atomic E-state index is 14.5. The Hall–Kier alpha value is -1.54. The van der Waals surface area contributed by atoms with E-state index < -0.39 is 61.2 Å². The lowest BCUT2D eigenvalue weighted by Crippen LogP contribution is -2.63. The SMILES string of the molecule is CCCC1O[C@@H]2C[C@H]3[C@@H]4CCC5=CC(=O)C=C[C@]5(C)[C@H]4[C@@H](O)C[C@]3(C)[C@]2(C(=O)COP(=O)(O)OC(CCNBC=O)C[N+](C)(C)C)O1. The Morgan fingerprint density at radius 3 is 2.74 bits per heavy atom. The number of phosphoric ester groups is 1. The number of fused-ring (bicyclic) bond motifs is 7. The molecule has 4 fully saturated rings. The number of hydrogen-bond donors (Lipinski definition) is 3. The molecule has 5 rings (SSSR count). The maximum atomic E-state index is 14.5. The highest BCUT2D eigenvalue weighted by atomic mass is 31.2. The molecule has 11 atom stereocenters. The molecule has 0 bridgehead atoms. The average Bonchev–Trinajstić information content (AvgIpc) is 3.45. The van der Waals surface area contributed by atoms with Crippen LogP contribution < -0.4 is 5.23 Å². The van der Waals surface area contributed by atoms with E-state index in [1.165, 1.54) is 0 Å². The van der Waals surface area contributed by atoms with Gasteiger partial charge in [0.2, 0.25) is 0 Å². The van der Waals surface area contributed by atoms with Crippen molar-refractivity contribution in [3.05, 3.63) is 23.8 Å². The Kier molecular flexibility index (Phi) is 10.7. The molecule has 1 saturated heterocycles. The number of nitrogens with one attached hydrogen (secondary N) is 1. The maximum Gasteiger partial charge on any atom is 0.473 e. The molecule has 12 nitrogen and oxygen atoms in total. The van der Waals surface area contributed by atoms with Crippen LogP contribution >= 0.6 is 7.82 Å². The van der Waals surface area contributed by atoms with E-state index in [4.69, 9.17) is 18.5 Å². The van der Waals surface area contributed by atoms with Gasteiger partial charge in [-0.1, -0.05) is 38.8 Å². The summed E-state index contributed by atoms with van der Waals surface area (Å²) >= 11 is 0. The molecular formula is C33H53BN2O10P+. The number of nitrogens with zero attached hydrogens (tertiary/aromatic N) is 1. The molecule has 0 aromatic carbocycles. The fraction of sp³-hybridized carbons (Fsp3) is 0.788. The number of aliphatic hydroxyl groups excluding tert-OH is 1. The molecule has 0 aromatic rings. The molecule has 5 aliphatic rings. The standard InChI is InChI=1S/C33H52BN2O10P/c1-7-8-29-44-28-16-25-24-10-9-21-15-22(38)11-13-31(21,2)30(24)26(39)17-32(25,3)33(28,45-29)27(40)19-43-47(41,42)46-23(18-36(4,5)6)12-14-35-34-20-37/h11,13,15,20,23-26,28-30,34-35,39H,7-10,12,14,16-19H2,1-6H3/p+1/t23?,24-,25-,26-,28+,29?,30+,31-,32-,33+/m0/s1. The zero-order valence-corrected chi connectivity index (χ0v) is 29.6.